The van der Waals surface area contributed by atoms with Gasteiger partial charge in [0.15, 0.2) is 6.61 Å². The summed E-state index contributed by atoms with van der Waals surface area (Å²) in [7, 11) is 0. The zero-order valence-electron chi connectivity index (χ0n) is 21.6. The Morgan fingerprint density at radius 1 is 0.744 bits per heavy atom. The van der Waals surface area contributed by atoms with Crippen molar-refractivity contribution in [1.29, 1.82) is 0 Å². The van der Waals surface area contributed by atoms with Crippen LogP contribution in [-0.4, -0.2) is 37.0 Å². The summed E-state index contributed by atoms with van der Waals surface area (Å²) in [5.41, 5.74) is 1.41. The lowest BCUT2D eigenvalue weighted by atomic mass is 10.2. The van der Waals surface area contributed by atoms with E-state index in [-0.39, 0.29) is 24.7 Å². The molecule has 39 heavy (non-hydrogen) atoms. The number of rotatable bonds is 12. The van der Waals surface area contributed by atoms with Crippen molar-refractivity contribution in [2.75, 3.05) is 23.8 Å². The number of ether oxygens (including phenoxy) is 2. The molecular formula is C29H29ClN2O6S. The first-order chi connectivity index (χ1) is 18.7. The Labute approximate surface area is 236 Å². The van der Waals surface area contributed by atoms with E-state index >= 15 is 0 Å². The molecule has 0 radical (unpaired) electrons. The van der Waals surface area contributed by atoms with E-state index in [4.69, 9.17) is 21.1 Å². The standard InChI is InChI=1S/C29H29ClN2O6S/c1-19(2)17-38-29(36)20-3-7-22(8-4-20)32-27(34)18-37-28(35)16-15-26(33)31-23-9-13-25(14-10-23)39-24-11-5-21(30)6-12-24/h3-14,19H,15-18H2,1-2H3,(H,31,33)(H,32,34). The first-order valence-electron chi connectivity index (χ1n) is 12.2. The van der Waals surface area contributed by atoms with E-state index in [1.165, 1.54) is 12.1 Å². The van der Waals surface area contributed by atoms with Gasteiger partial charge in [-0.1, -0.05) is 37.2 Å². The molecule has 0 aliphatic carbocycles. The average molecular weight is 569 g/mol. The lowest BCUT2D eigenvalue weighted by Crippen LogP contribution is -2.21. The number of carbonyl (C=O) groups excluding carboxylic acids is 4. The van der Waals surface area contributed by atoms with Crippen LogP contribution in [0, 0.1) is 5.92 Å². The molecule has 2 amide bonds. The maximum atomic E-state index is 12.2. The van der Waals surface area contributed by atoms with Crippen molar-refractivity contribution in [2.24, 2.45) is 5.92 Å². The number of carbonyl (C=O) groups is 4. The largest absolute Gasteiger partial charge is 0.462 e. The fraction of sp³-hybridized carbons (Fsp3) is 0.241. The van der Waals surface area contributed by atoms with Gasteiger partial charge in [0.25, 0.3) is 5.91 Å². The second-order valence-electron chi connectivity index (χ2n) is 8.91. The van der Waals surface area contributed by atoms with Gasteiger partial charge in [0.2, 0.25) is 5.91 Å². The highest BCUT2D eigenvalue weighted by Gasteiger charge is 2.12. The van der Waals surface area contributed by atoms with Gasteiger partial charge in [-0.05, 0) is 78.7 Å². The van der Waals surface area contributed by atoms with Crippen LogP contribution in [0.15, 0.2) is 82.6 Å². The summed E-state index contributed by atoms with van der Waals surface area (Å²) in [6.45, 7) is 3.71. The van der Waals surface area contributed by atoms with Gasteiger partial charge in [-0.3, -0.25) is 14.4 Å². The maximum Gasteiger partial charge on any atom is 0.338 e. The van der Waals surface area contributed by atoms with E-state index in [1.54, 1.807) is 36.0 Å². The summed E-state index contributed by atoms with van der Waals surface area (Å²) in [5, 5.41) is 5.99. The van der Waals surface area contributed by atoms with Crippen LogP contribution >= 0.6 is 23.4 Å². The van der Waals surface area contributed by atoms with Crippen molar-refractivity contribution in [3.8, 4) is 0 Å². The second kappa shape index (κ2) is 14.9. The molecule has 0 aliphatic heterocycles. The highest BCUT2D eigenvalue weighted by molar-refractivity contribution is 7.99. The van der Waals surface area contributed by atoms with Gasteiger partial charge in [-0.2, -0.15) is 0 Å². The molecule has 3 aromatic rings. The van der Waals surface area contributed by atoms with Crippen molar-refractivity contribution in [3.05, 3.63) is 83.4 Å². The highest BCUT2D eigenvalue weighted by atomic mass is 35.5. The van der Waals surface area contributed by atoms with Crippen LogP contribution in [0.1, 0.15) is 37.0 Å². The summed E-state index contributed by atoms with van der Waals surface area (Å²) in [5.74, 6) is -1.77. The summed E-state index contributed by atoms with van der Waals surface area (Å²) >= 11 is 7.47. The normalized spacial score (nSPS) is 10.6. The van der Waals surface area contributed by atoms with Gasteiger partial charge in [0.05, 0.1) is 18.6 Å². The van der Waals surface area contributed by atoms with Crippen LogP contribution in [0.5, 0.6) is 0 Å². The number of hydrogen-bond acceptors (Lipinski definition) is 7. The molecular weight excluding hydrogens is 540 g/mol. The Morgan fingerprint density at radius 3 is 1.87 bits per heavy atom. The minimum absolute atomic E-state index is 0.0872. The molecule has 10 heteroatoms. The van der Waals surface area contributed by atoms with Gasteiger partial charge in [0, 0.05) is 32.6 Å². The van der Waals surface area contributed by atoms with E-state index in [0.29, 0.717) is 28.6 Å². The molecule has 0 fully saturated rings. The van der Waals surface area contributed by atoms with Crippen molar-refractivity contribution in [2.45, 2.75) is 36.5 Å². The Morgan fingerprint density at radius 2 is 1.28 bits per heavy atom. The summed E-state index contributed by atoms with van der Waals surface area (Å²) in [4.78, 5) is 50.3. The molecule has 0 aromatic heterocycles. The van der Waals surface area contributed by atoms with Crippen LogP contribution in [0.3, 0.4) is 0 Å². The molecule has 0 atom stereocenters. The maximum absolute atomic E-state index is 12.2. The van der Waals surface area contributed by atoms with Crippen molar-refractivity contribution >= 4 is 58.5 Å². The van der Waals surface area contributed by atoms with Crippen LogP contribution in [0.2, 0.25) is 5.02 Å². The minimum Gasteiger partial charge on any atom is -0.462 e. The molecule has 0 unspecified atom stereocenters. The third-order valence-corrected chi connectivity index (χ3v) is 6.33. The van der Waals surface area contributed by atoms with Gasteiger partial charge in [-0.15, -0.1) is 0 Å². The third-order valence-electron chi connectivity index (χ3n) is 5.06. The minimum atomic E-state index is -0.668. The fourth-order valence-electron chi connectivity index (χ4n) is 3.11. The van der Waals surface area contributed by atoms with E-state index in [9.17, 15) is 19.2 Å². The van der Waals surface area contributed by atoms with Gasteiger partial charge in [-0.25, -0.2) is 4.79 Å². The zero-order valence-corrected chi connectivity index (χ0v) is 23.1. The number of esters is 2. The van der Waals surface area contributed by atoms with Gasteiger partial charge < -0.3 is 20.1 Å². The SMILES string of the molecule is CC(C)COC(=O)c1ccc(NC(=O)COC(=O)CCC(=O)Nc2ccc(Sc3ccc(Cl)cc3)cc2)cc1. The number of hydrogen-bond donors (Lipinski definition) is 2. The molecule has 0 aliphatic rings. The molecule has 204 valence electrons. The molecule has 8 nitrogen and oxygen atoms in total. The van der Waals surface area contributed by atoms with Crippen LogP contribution in [0.25, 0.3) is 0 Å². The second-order valence-corrected chi connectivity index (χ2v) is 10.5. The molecule has 0 bridgehead atoms. The monoisotopic (exact) mass is 568 g/mol. The predicted octanol–water partition coefficient (Wildman–Crippen LogP) is 6.20. The number of amides is 2. The number of nitrogens with one attached hydrogen (secondary N) is 2. The molecule has 3 aromatic carbocycles. The summed E-state index contributed by atoms with van der Waals surface area (Å²) < 4.78 is 10.1. The first kappa shape index (κ1) is 29.7. The van der Waals surface area contributed by atoms with E-state index in [0.717, 1.165) is 9.79 Å². The van der Waals surface area contributed by atoms with Crippen LogP contribution in [0.4, 0.5) is 11.4 Å². The topological polar surface area (TPSA) is 111 Å². The molecule has 0 heterocycles. The Kier molecular flexibility index (Phi) is 11.4. The fourth-order valence-corrected chi connectivity index (χ4v) is 4.06. The van der Waals surface area contributed by atoms with E-state index in [1.807, 2.05) is 50.2 Å². The average Bonchev–Trinajstić information content (AvgIpc) is 2.92. The van der Waals surface area contributed by atoms with Crippen LogP contribution in [-0.2, 0) is 23.9 Å². The molecule has 0 saturated carbocycles. The van der Waals surface area contributed by atoms with Crippen LogP contribution < -0.4 is 10.6 Å². The smallest absolute Gasteiger partial charge is 0.338 e. The molecule has 0 spiro atoms. The summed E-state index contributed by atoms with van der Waals surface area (Å²) in [6, 6.07) is 21.0. The quantitative estimate of drug-likeness (QED) is 0.250. The Balaban J connectivity index is 1.34. The number of halogens is 1. The van der Waals surface area contributed by atoms with E-state index < -0.39 is 24.5 Å². The van der Waals surface area contributed by atoms with Gasteiger partial charge >= 0.3 is 11.9 Å². The lowest BCUT2D eigenvalue weighted by Gasteiger charge is -2.09. The molecule has 0 saturated heterocycles. The van der Waals surface area contributed by atoms with Crippen molar-refractivity contribution in [3.63, 3.8) is 0 Å². The van der Waals surface area contributed by atoms with Gasteiger partial charge in [0.1, 0.15) is 0 Å². The molecule has 2 N–H and O–H groups in total. The highest BCUT2D eigenvalue weighted by Crippen LogP contribution is 2.29. The van der Waals surface area contributed by atoms with E-state index in [2.05, 4.69) is 10.6 Å². The molecule has 3 rings (SSSR count). The lowest BCUT2D eigenvalue weighted by molar-refractivity contribution is -0.147. The Bertz CT molecular complexity index is 1280. The number of anilines is 2. The third kappa shape index (κ3) is 10.8. The van der Waals surface area contributed by atoms with Crippen molar-refractivity contribution < 1.29 is 28.7 Å². The predicted molar refractivity (Wildman–Crippen MR) is 151 cm³/mol. The van der Waals surface area contributed by atoms with Crippen molar-refractivity contribution in [1.82, 2.24) is 0 Å². The Hall–Kier alpha value is -3.82. The summed E-state index contributed by atoms with van der Waals surface area (Å²) in [6.07, 6.45) is -0.257. The zero-order chi connectivity index (χ0) is 28.2. The first-order valence-corrected chi connectivity index (χ1v) is 13.4. The number of benzene rings is 3.